The normalized spacial score (nSPS) is 23.8. The summed E-state index contributed by atoms with van der Waals surface area (Å²) in [6, 6.07) is 3.63. The van der Waals surface area contributed by atoms with Crippen LogP contribution in [0.2, 0.25) is 0 Å². The fourth-order valence-electron chi connectivity index (χ4n) is 5.16. The molecule has 1 fully saturated rings. The first-order chi connectivity index (χ1) is 17.2. The summed E-state index contributed by atoms with van der Waals surface area (Å²) in [5.41, 5.74) is -0.142. The van der Waals surface area contributed by atoms with Crippen molar-refractivity contribution < 1.29 is 33.5 Å². The molecule has 0 saturated heterocycles. The highest BCUT2D eigenvalue weighted by atomic mass is 16.4. The molecule has 2 atom stereocenters. The number of phenols is 1. The van der Waals surface area contributed by atoms with E-state index in [-0.39, 0.29) is 37.0 Å². The Kier molecular flexibility index (Phi) is 5.75. The van der Waals surface area contributed by atoms with E-state index in [1.54, 1.807) is 0 Å². The Balaban J connectivity index is 1.37. The molecule has 0 bridgehead atoms. The SMILES string of the molecule is O=C(Cc1cc(=O)oc2cc(O)ccc12)NC1C[C@@H](N2C(=O)C=CC2=O)C[C@H](N2C(=O)C=CC2=O)C1. The van der Waals surface area contributed by atoms with E-state index in [2.05, 4.69) is 5.32 Å². The lowest BCUT2D eigenvalue weighted by atomic mass is 9.85. The van der Waals surface area contributed by atoms with Crippen molar-refractivity contribution >= 4 is 40.5 Å². The number of benzene rings is 1. The van der Waals surface area contributed by atoms with Gasteiger partial charge >= 0.3 is 5.63 Å². The Morgan fingerprint density at radius 1 is 0.861 bits per heavy atom. The van der Waals surface area contributed by atoms with Crippen molar-refractivity contribution in [2.45, 2.75) is 43.8 Å². The van der Waals surface area contributed by atoms with Crippen molar-refractivity contribution in [1.29, 1.82) is 0 Å². The summed E-state index contributed by atoms with van der Waals surface area (Å²) in [5, 5.41) is 13.0. The maximum absolute atomic E-state index is 13.0. The molecule has 1 aromatic heterocycles. The first kappa shape index (κ1) is 23.2. The standard InChI is InChI=1S/C25H21N3O8/c29-17-1-2-18-13(8-25(35)36-19(18)12-17)7-20(30)26-14-9-15(27-21(31)3-4-22(27)32)11-16(10-14)28-23(33)5-6-24(28)34/h1-6,8,12,14-16,29H,7,9-11H2,(H,26,30)/t15-,16-/m1/s1. The zero-order chi connectivity index (χ0) is 25.6. The van der Waals surface area contributed by atoms with Gasteiger partial charge in [0, 0.05) is 59.9 Å². The van der Waals surface area contributed by atoms with Crippen molar-refractivity contribution in [3.8, 4) is 5.75 Å². The molecule has 3 aliphatic rings. The van der Waals surface area contributed by atoms with E-state index >= 15 is 0 Å². The van der Waals surface area contributed by atoms with E-state index < -0.39 is 53.3 Å². The van der Waals surface area contributed by atoms with Gasteiger partial charge in [-0.3, -0.25) is 33.8 Å². The second-order valence-electron chi connectivity index (χ2n) is 8.99. The molecule has 2 N–H and O–H groups in total. The molecule has 3 heterocycles. The van der Waals surface area contributed by atoms with Crippen LogP contribution in [0.5, 0.6) is 5.75 Å². The number of amides is 5. The molecule has 36 heavy (non-hydrogen) atoms. The predicted octanol–water partition coefficient (Wildman–Crippen LogP) is 0.297. The van der Waals surface area contributed by atoms with Gasteiger partial charge < -0.3 is 14.8 Å². The predicted molar refractivity (Wildman–Crippen MR) is 123 cm³/mol. The van der Waals surface area contributed by atoms with E-state index in [1.165, 1.54) is 24.3 Å². The molecule has 11 heteroatoms. The Morgan fingerprint density at radius 3 is 1.97 bits per heavy atom. The average molecular weight is 491 g/mol. The summed E-state index contributed by atoms with van der Waals surface area (Å²) in [4.78, 5) is 76.4. The molecule has 5 rings (SSSR count). The molecule has 0 unspecified atom stereocenters. The number of rotatable bonds is 5. The van der Waals surface area contributed by atoms with Gasteiger partial charge in [-0.25, -0.2) is 4.79 Å². The van der Waals surface area contributed by atoms with Gasteiger partial charge in [-0.05, 0) is 37.0 Å². The van der Waals surface area contributed by atoms with E-state index in [4.69, 9.17) is 4.42 Å². The number of carbonyl (C=O) groups excluding carboxylic acids is 5. The van der Waals surface area contributed by atoms with Crippen molar-refractivity contribution in [2.24, 2.45) is 0 Å². The third-order valence-electron chi connectivity index (χ3n) is 6.60. The van der Waals surface area contributed by atoms with Gasteiger partial charge in [0.1, 0.15) is 11.3 Å². The van der Waals surface area contributed by atoms with Crippen LogP contribution < -0.4 is 10.9 Å². The molecule has 0 radical (unpaired) electrons. The molecule has 5 amide bonds. The third kappa shape index (κ3) is 4.30. The lowest BCUT2D eigenvalue weighted by Gasteiger charge is -2.41. The maximum atomic E-state index is 13.0. The zero-order valence-electron chi connectivity index (χ0n) is 18.9. The highest BCUT2D eigenvalue weighted by molar-refractivity contribution is 6.14. The Hall–Kier alpha value is -4.54. The van der Waals surface area contributed by atoms with Crippen LogP contribution in [0.3, 0.4) is 0 Å². The van der Waals surface area contributed by atoms with Crippen LogP contribution in [-0.2, 0) is 30.4 Å². The van der Waals surface area contributed by atoms with Crippen molar-refractivity contribution in [2.75, 3.05) is 0 Å². The Bertz CT molecular complexity index is 1350. The van der Waals surface area contributed by atoms with Crippen LogP contribution in [0.4, 0.5) is 0 Å². The van der Waals surface area contributed by atoms with Crippen LogP contribution in [0.25, 0.3) is 11.0 Å². The number of phenolic OH excluding ortho intramolecular Hbond substituents is 1. The lowest BCUT2D eigenvalue weighted by molar-refractivity contribution is -0.142. The molecule has 0 spiro atoms. The Morgan fingerprint density at radius 2 is 1.42 bits per heavy atom. The van der Waals surface area contributed by atoms with Crippen molar-refractivity contribution in [3.63, 3.8) is 0 Å². The van der Waals surface area contributed by atoms with Crippen LogP contribution in [0.15, 0.2) is 57.8 Å². The summed E-state index contributed by atoms with van der Waals surface area (Å²) >= 11 is 0. The topological polar surface area (TPSA) is 154 Å². The van der Waals surface area contributed by atoms with Gasteiger partial charge in [0.2, 0.25) is 5.91 Å². The molecule has 1 aliphatic carbocycles. The number of carbonyl (C=O) groups is 5. The maximum Gasteiger partial charge on any atom is 0.336 e. The van der Waals surface area contributed by atoms with Gasteiger partial charge in [0.15, 0.2) is 0 Å². The second-order valence-corrected chi connectivity index (χ2v) is 8.99. The smallest absolute Gasteiger partial charge is 0.336 e. The highest BCUT2D eigenvalue weighted by Gasteiger charge is 2.43. The van der Waals surface area contributed by atoms with Gasteiger partial charge in [-0.2, -0.15) is 0 Å². The van der Waals surface area contributed by atoms with E-state index in [0.717, 1.165) is 34.1 Å². The first-order valence-corrected chi connectivity index (χ1v) is 11.3. The van der Waals surface area contributed by atoms with E-state index in [1.807, 2.05) is 0 Å². The van der Waals surface area contributed by atoms with Crippen LogP contribution in [0, 0.1) is 0 Å². The largest absolute Gasteiger partial charge is 0.508 e. The van der Waals surface area contributed by atoms with Gasteiger partial charge in [0.25, 0.3) is 23.6 Å². The van der Waals surface area contributed by atoms with Gasteiger partial charge in [0.05, 0.1) is 6.42 Å². The molecule has 1 aromatic carbocycles. The van der Waals surface area contributed by atoms with E-state index in [9.17, 15) is 33.9 Å². The number of nitrogens with zero attached hydrogens (tertiary/aromatic N) is 2. The second kappa shape index (κ2) is 8.91. The minimum atomic E-state index is -0.675. The molecule has 1 saturated carbocycles. The fraction of sp³-hybridized carbons (Fsp3) is 0.280. The minimum absolute atomic E-state index is 0.0902. The zero-order valence-corrected chi connectivity index (χ0v) is 18.9. The highest BCUT2D eigenvalue weighted by Crippen LogP contribution is 2.31. The molecule has 11 nitrogen and oxygen atoms in total. The molecular weight excluding hydrogens is 470 g/mol. The number of aromatic hydroxyl groups is 1. The van der Waals surface area contributed by atoms with E-state index in [0.29, 0.717) is 10.9 Å². The average Bonchev–Trinajstić information content (AvgIpc) is 3.32. The number of imide groups is 2. The summed E-state index contributed by atoms with van der Waals surface area (Å²) in [6.07, 6.45) is 5.18. The van der Waals surface area contributed by atoms with Gasteiger partial charge in [-0.1, -0.05) is 0 Å². The number of hydrogen-bond acceptors (Lipinski definition) is 8. The summed E-state index contributed by atoms with van der Waals surface area (Å²) in [7, 11) is 0. The third-order valence-corrected chi connectivity index (χ3v) is 6.60. The summed E-state index contributed by atoms with van der Waals surface area (Å²) in [6.45, 7) is 0. The minimum Gasteiger partial charge on any atom is -0.508 e. The molecule has 2 aliphatic heterocycles. The monoisotopic (exact) mass is 491 g/mol. The quantitative estimate of drug-likeness (QED) is 0.447. The fourth-order valence-corrected chi connectivity index (χ4v) is 5.16. The molecule has 184 valence electrons. The van der Waals surface area contributed by atoms with Crippen molar-refractivity contribution in [1.82, 2.24) is 15.1 Å². The molecule has 2 aromatic rings. The number of fused-ring (bicyclic) bond motifs is 1. The van der Waals surface area contributed by atoms with Crippen LogP contribution >= 0.6 is 0 Å². The van der Waals surface area contributed by atoms with Crippen LogP contribution in [0.1, 0.15) is 24.8 Å². The van der Waals surface area contributed by atoms with Crippen molar-refractivity contribution in [3.05, 3.63) is 64.6 Å². The van der Waals surface area contributed by atoms with Gasteiger partial charge in [-0.15, -0.1) is 0 Å². The van der Waals surface area contributed by atoms with Crippen LogP contribution in [-0.4, -0.2) is 62.6 Å². The Labute approximate surface area is 203 Å². The number of hydrogen-bond donors (Lipinski definition) is 2. The molecular formula is C25H21N3O8. The first-order valence-electron chi connectivity index (χ1n) is 11.3. The lowest BCUT2D eigenvalue weighted by Crippen LogP contribution is -2.56. The summed E-state index contributed by atoms with van der Waals surface area (Å²) in [5.74, 6) is -2.48. The number of nitrogens with one attached hydrogen (secondary N) is 1. The summed E-state index contributed by atoms with van der Waals surface area (Å²) < 4.78 is 5.10.